The number of rotatable bonds is 4. The van der Waals surface area contributed by atoms with Gasteiger partial charge in [-0.05, 0) is 24.5 Å². The van der Waals surface area contributed by atoms with Crippen LogP contribution in [0.3, 0.4) is 0 Å². The lowest BCUT2D eigenvalue weighted by molar-refractivity contribution is 0.498. The second-order valence-electron chi connectivity index (χ2n) is 6.13. The second kappa shape index (κ2) is 6.10. The van der Waals surface area contributed by atoms with Crippen molar-refractivity contribution >= 4 is 23.0 Å². The minimum atomic E-state index is 0.534. The van der Waals surface area contributed by atoms with Crippen molar-refractivity contribution in [3.8, 4) is 17.3 Å². The number of thiazole rings is 1. The third kappa shape index (κ3) is 2.91. The topological polar surface area (TPSA) is 49.8 Å². The molecule has 24 heavy (non-hydrogen) atoms. The van der Waals surface area contributed by atoms with Gasteiger partial charge in [-0.15, -0.1) is 11.3 Å². The number of hydrogen-bond donors (Lipinski definition) is 0. The highest BCUT2D eigenvalue weighted by atomic mass is 32.1. The highest BCUT2D eigenvalue weighted by Crippen LogP contribution is 2.47. The van der Waals surface area contributed by atoms with Crippen molar-refractivity contribution in [2.75, 3.05) is 0 Å². The van der Waals surface area contributed by atoms with Gasteiger partial charge in [-0.2, -0.15) is 5.26 Å². The van der Waals surface area contributed by atoms with E-state index in [1.54, 1.807) is 6.08 Å². The molecule has 0 N–H and O–H groups in total. The third-order valence-electron chi connectivity index (χ3n) is 4.33. The van der Waals surface area contributed by atoms with Gasteiger partial charge in [-0.3, -0.25) is 0 Å². The molecule has 0 unspecified atom stereocenters. The Kier molecular flexibility index (Phi) is 3.79. The molecule has 1 fully saturated rings. The molecular weight excluding hydrogens is 316 g/mol. The maximum absolute atomic E-state index is 9.50. The summed E-state index contributed by atoms with van der Waals surface area (Å²) in [6.45, 7) is 2.23. The molecule has 1 aliphatic carbocycles. The van der Waals surface area contributed by atoms with Crippen LogP contribution in [0.5, 0.6) is 0 Å². The molecule has 1 saturated carbocycles. The number of nitriles is 1. The minimum absolute atomic E-state index is 0.534. The standard InChI is InChI=1S/C20H16N2OS/c1-13-9-17(13)19-8-7-16(23-19)10-15(11-21)20-22-18(12-24-20)14-5-3-2-4-6-14/h2-8,10,12-13,17H,9H2,1H3/b15-10+/t13-,17-/m0/s1. The Morgan fingerprint density at radius 2 is 2.08 bits per heavy atom. The molecule has 2 aromatic heterocycles. The number of hydrogen-bond acceptors (Lipinski definition) is 4. The Hall–Kier alpha value is -2.64. The molecule has 4 heteroatoms. The van der Waals surface area contributed by atoms with Crippen LogP contribution in [0.1, 0.15) is 35.8 Å². The molecule has 2 heterocycles. The lowest BCUT2D eigenvalue weighted by Gasteiger charge is -1.95. The molecule has 3 nitrogen and oxygen atoms in total. The SMILES string of the molecule is C[C@H]1C[C@@H]1c1ccc(/C=C(\C#N)c2nc(-c3ccccc3)cs2)o1. The van der Waals surface area contributed by atoms with Gasteiger partial charge in [0.2, 0.25) is 0 Å². The number of allylic oxidation sites excluding steroid dienone is 1. The fraction of sp³-hybridized carbons (Fsp3) is 0.200. The number of nitrogens with zero attached hydrogens (tertiary/aromatic N) is 2. The molecule has 0 radical (unpaired) electrons. The average molecular weight is 332 g/mol. The molecule has 1 aromatic carbocycles. The largest absolute Gasteiger partial charge is 0.461 e. The van der Waals surface area contributed by atoms with Gasteiger partial charge >= 0.3 is 0 Å². The van der Waals surface area contributed by atoms with E-state index in [-0.39, 0.29) is 0 Å². The van der Waals surface area contributed by atoms with Crippen LogP contribution in [-0.4, -0.2) is 4.98 Å². The van der Waals surface area contributed by atoms with E-state index in [1.165, 1.54) is 17.8 Å². The summed E-state index contributed by atoms with van der Waals surface area (Å²) in [5, 5.41) is 12.2. The van der Waals surface area contributed by atoms with E-state index in [0.717, 1.165) is 22.8 Å². The third-order valence-corrected chi connectivity index (χ3v) is 5.21. The van der Waals surface area contributed by atoms with Crippen LogP contribution >= 0.6 is 11.3 Å². The van der Waals surface area contributed by atoms with Crippen LogP contribution in [0, 0.1) is 17.2 Å². The van der Waals surface area contributed by atoms with Gasteiger partial charge in [0.15, 0.2) is 0 Å². The number of benzene rings is 1. The summed E-state index contributed by atoms with van der Waals surface area (Å²) in [7, 11) is 0. The fourth-order valence-corrected chi connectivity index (χ4v) is 3.58. The first-order valence-electron chi connectivity index (χ1n) is 7.97. The van der Waals surface area contributed by atoms with Crippen molar-refractivity contribution in [2.24, 2.45) is 5.92 Å². The molecule has 4 rings (SSSR count). The maximum Gasteiger partial charge on any atom is 0.134 e. The molecule has 118 valence electrons. The molecular formula is C20H16N2OS. The van der Waals surface area contributed by atoms with Gasteiger partial charge in [0.05, 0.1) is 11.3 Å². The second-order valence-corrected chi connectivity index (χ2v) is 6.99. The van der Waals surface area contributed by atoms with Gasteiger partial charge in [0.1, 0.15) is 22.6 Å². The molecule has 1 aliphatic rings. The molecule has 0 aliphatic heterocycles. The van der Waals surface area contributed by atoms with E-state index in [1.807, 2.05) is 47.8 Å². The molecule has 2 atom stereocenters. The van der Waals surface area contributed by atoms with Crippen molar-refractivity contribution in [1.29, 1.82) is 5.26 Å². The van der Waals surface area contributed by atoms with E-state index in [0.29, 0.717) is 22.4 Å². The molecule has 3 aromatic rings. The molecule has 0 saturated heterocycles. The predicted molar refractivity (Wildman–Crippen MR) is 96.3 cm³/mol. The minimum Gasteiger partial charge on any atom is -0.461 e. The van der Waals surface area contributed by atoms with Gasteiger partial charge in [0, 0.05) is 22.9 Å². The van der Waals surface area contributed by atoms with Crippen LogP contribution in [0.2, 0.25) is 0 Å². The Balaban J connectivity index is 1.61. The van der Waals surface area contributed by atoms with Crippen LogP contribution < -0.4 is 0 Å². The maximum atomic E-state index is 9.50. The Morgan fingerprint density at radius 3 is 2.79 bits per heavy atom. The van der Waals surface area contributed by atoms with E-state index >= 15 is 0 Å². The van der Waals surface area contributed by atoms with Crippen molar-refractivity contribution in [1.82, 2.24) is 4.98 Å². The molecule has 0 bridgehead atoms. The van der Waals surface area contributed by atoms with Crippen LogP contribution in [0.25, 0.3) is 22.9 Å². The first-order valence-corrected chi connectivity index (χ1v) is 8.85. The summed E-state index contributed by atoms with van der Waals surface area (Å²) in [6.07, 6.45) is 2.97. The zero-order valence-corrected chi connectivity index (χ0v) is 14.1. The van der Waals surface area contributed by atoms with E-state index in [9.17, 15) is 5.26 Å². The van der Waals surface area contributed by atoms with Crippen molar-refractivity contribution < 1.29 is 4.42 Å². The van der Waals surface area contributed by atoms with E-state index < -0.39 is 0 Å². The Labute approximate surface area is 144 Å². The van der Waals surface area contributed by atoms with E-state index in [4.69, 9.17) is 4.42 Å². The van der Waals surface area contributed by atoms with Crippen LogP contribution in [0.15, 0.2) is 52.3 Å². The van der Waals surface area contributed by atoms with Crippen molar-refractivity contribution in [2.45, 2.75) is 19.3 Å². The fourth-order valence-electron chi connectivity index (χ4n) is 2.79. The van der Waals surface area contributed by atoms with Gasteiger partial charge in [-0.1, -0.05) is 37.3 Å². The Bertz CT molecular complexity index is 930. The van der Waals surface area contributed by atoms with Crippen molar-refractivity contribution in [3.63, 3.8) is 0 Å². The van der Waals surface area contributed by atoms with Crippen LogP contribution in [0.4, 0.5) is 0 Å². The highest BCUT2D eigenvalue weighted by molar-refractivity contribution is 7.11. The monoisotopic (exact) mass is 332 g/mol. The highest BCUT2D eigenvalue weighted by Gasteiger charge is 2.36. The normalized spacial score (nSPS) is 19.9. The average Bonchev–Trinajstić information content (AvgIpc) is 3.04. The van der Waals surface area contributed by atoms with Crippen LogP contribution in [-0.2, 0) is 0 Å². The van der Waals surface area contributed by atoms with E-state index in [2.05, 4.69) is 18.0 Å². The number of furan rings is 1. The Morgan fingerprint density at radius 1 is 1.29 bits per heavy atom. The quantitative estimate of drug-likeness (QED) is 0.585. The van der Waals surface area contributed by atoms with Gasteiger partial charge in [0.25, 0.3) is 0 Å². The first kappa shape index (κ1) is 14.9. The lowest BCUT2D eigenvalue weighted by atomic mass is 10.2. The summed E-state index contributed by atoms with van der Waals surface area (Å²) < 4.78 is 5.87. The van der Waals surface area contributed by atoms with Gasteiger partial charge in [-0.25, -0.2) is 4.98 Å². The predicted octanol–water partition coefficient (Wildman–Crippen LogP) is 5.59. The zero-order valence-electron chi connectivity index (χ0n) is 13.3. The van der Waals surface area contributed by atoms with Crippen molar-refractivity contribution in [3.05, 3.63) is 64.4 Å². The summed E-state index contributed by atoms with van der Waals surface area (Å²) >= 11 is 1.48. The zero-order chi connectivity index (χ0) is 16.5. The van der Waals surface area contributed by atoms with Gasteiger partial charge < -0.3 is 4.42 Å². The molecule has 0 spiro atoms. The summed E-state index contributed by atoms with van der Waals surface area (Å²) in [6, 6.07) is 16.2. The number of aromatic nitrogens is 1. The first-order chi connectivity index (χ1) is 11.7. The smallest absolute Gasteiger partial charge is 0.134 e. The lowest BCUT2D eigenvalue weighted by Crippen LogP contribution is -1.82. The molecule has 0 amide bonds. The summed E-state index contributed by atoms with van der Waals surface area (Å²) in [5.74, 6) is 2.99. The summed E-state index contributed by atoms with van der Waals surface area (Å²) in [5.41, 5.74) is 2.48. The summed E-state index contributed by atoms with van der Waals surface area (Å²) in [4.78, 5) is 4.60.